The van der Waals surface area contributed by atoms with Gasteiger partial charge in [0, 0.05) is 29.9 Å². The Kier molecular flexibility index (Phi) is 7.36. The zero-order chi connectivity index (χ0) is 15.6. The van der Waals surface area contributed by atoms with Crippen LogP contribution in [0, 0.1) is 18.8 Å². The number of piperidine rings is 2. The fourth-order valence-electron chi connectivity index (χ4n) is 4.47. The van der Waals surface area contributed by atoms with Crippen LogP contribution in [0.4, 0.5) is 5.69 Å². The van der Waals surface area contributed by atoms with Crippen LogP contribution in [0.5, 0.6) is 0 Å². The van der Waals surface area contributed by atoms with Gasteiger partial charge in [-0.05, 0) is 69.7 Å². The van der Waals surface area contributed by atoms with E-state index in [2.05, 4.69) is 52.5 Å². The maximum atomic E-state index is 4.69. The van der Waals surface area contributed by atoms with Gasteiger partial charge in [0.25, 0.3) is 0 Å². The SMILES string of the molecule is Cc1cc(N2CCC(C3CCNCC3)CC2)c2ccccc2n1.Cl.Cl. The monoisotopic (exact) mass is 381 g/mol. The standard InChI is InChI=1S/C20H27N3.2ClH/c1-15-14-20(18-4-2-3-5-19(18)22-15)23-12-8-17(9-13-23)16-6-10-21-11-7-16;;/h2-5,14,16-17,21H,6-13H2,1H3;2*1H. The molecule has 0 bridgehead atoms. The van der Waals surface area contributed by atoms with Crippen LogP contribution >= 0.6 is 24.8 Å². The molecule has 2 aliphatic heterocycles. The normalized spacial score (nSPS) is 19.3. The van der Waals surface area contributed by atoms with Crippen LogP contribution in [0.1, 0.15) is 31.4 Å². The highest BCUT2D eigenvalue weighted by atomic mass is 35.5. The fourth-order valence-corrected chi connectivity index (χ4v) is 4.47. The van der Waals surface area contributed by atoms with Crippen molar-refractivity contribution in [1.29, 1.82) is 0 Å². The first-order valence-electron chi connectivity index (χ1n) is 9.13. The lowest BCUT2D eigenvalue weighted by atomic mass is 9.79. The highest BCUT2D eigenvalue weighted by Gasteiger charge is 2.28. The number of fused-ring (bicyclic) bond motifs is 1. The fraction of sp³-hybridized carbons (Fsp3) is 0.550. The number of aryl methyl sites for hydroxylation is 1. The van der Waals surface area contributed by atoms with Crippen molar-refractivity contribution in [3.05, 3.63) is 36.0 Å². The molecule has 25 heavy (non-hydrogen) atoms. The van der Waals surface area contributed by atoms with Crippen LogP contribution in [-0.4, -0.2) is 31.2 Å². The molecule has 1 aromatic carbocycles. The number of para-hydroxylation sites is 1. The Morgan fingerprint density at radius 1 is 0.960 bits per heavy atom. The minimum Gasteiger partial charge on any atom is -0.371 e. The van der Waals surface area contributed by atoms with Crippen molar-refractivity contribution in [2.24, 2.45) is 11.8 Å². The van der Waals surface area contributed by atoms with Gasteiger partial charge in [0.05, 0.1) is 5.52 Å². The molecule has 0 spiro atoms. The van der Waals surface area contributed by atoms with E-state index in [9.17, 15) is 0 Å². The van der Waals surface area contributed by atoms with E-state index in [1.165, 1.54) is 62.9 Å². The minimum absolute atomic E-state index is 0. The van der Waals surface area contributed by atoms with Gasteiger partial charge >= 0.3 is 0 Å². The first-order valence-corrected chi connectivity index (χ1v) is 9.13. The van der Waals surface area contributed by atoms with Gasteiger partial charge in [-0.15, -0.1) is 24.8 Å². The van der Waals surface area contributed by atoms with Crippen molar-refractivity contribution in [3.63, 3.8) is 0 Å². The number of hydrogen-bond acceptors (Lipinski definition) is 3. The first kappa shape index (κ1) is 20.3. The summed E-state index contributed by atoms with van der Waals surface area (Å²) in [5.74, 6) is 1.89. The number of nitrogens with one attached hydrogen (secondary N) is 1. The van der Waals surface area contributed by atoms with E-state index in [1.807, 2.05) is 0 Å². The molecule has 2 aromatic rings. The van der Waals surface area contributed by atoms with E-state index in [0.29, 0.717) is 0 Å². The van der Waals surface area contributed by atoms with Gasteiger partial charge in [-0.25, -0.2) is 0 Å². The van der Waals surface area contributed by atoms with Gasteiger partial charge in [-0.1, -0.05) is 18.2 Å². The quantitative estimate of drug-likeness (QED) is 0.823. The lowest BCUT2D eigenvalue weighted by Crippen LogP contribution is -2.39. The first-order chi connectivity index (χ1) is 11.3. The molecule has 3 nitrogen and oxygen atoms in total. The molecule has 0 amide bonds. The predicted molar refractivity (Wildman–Crippen MR) is 112 cm³/mol. The van der Waals surface area contributed by atoms with Gasteiger partial charge in [0.15, 0.2) is 0 Å². The van der Waals surface area contributed by atoms with Crippen molar-refractivity contribution in [2.45, 2.75) is 32.6 Å². The number of aromatic nitrogens is 1. The summed E-state index contributed by atoms with van der Waals surface area (Å²) >= 11 is 0. The Bertz CT molecular complexity index is 678. The lowest BCUT2D eigenvalue weighted by Gasteiger charge is -2.39. The van der Waals surface area contributed by atoms with Crippen LogP contribution in [-0.2, 0) is 0 Å². The Balaban J connectivity index is 0.00000113. The van der Waals surface area contributed by atoms with Crippen LogP contribution in [0.25, 0.3) is 10.9 Å². The van der Waals surface area contributed by atoms with Crippen molar-refractivity contribution in [2.75, 3.05) is 31.1 Å². The Labute approximate surface area is 163 Å². The second kappa shape index (κ2) is 9.07. The molecule has 0 saturated carbocycles. The summed E-state index contributed by atoms with van der Waals surface area (Å²) in [5.41, 5.74) is 3.64. The second-order valence-corrected chi connectivity index (χ2v) is 7.21. The average molecular weight is 382 g/mol. The third kappa shape index (κ3) is 4.39. The highest BCUT2D eigenvalue weighted by molar-refractivity contribution is 5.92. The molecule has 3 heterocycles. The number of benzene rings is 1. The molecule has 2 saturated heterocycles. The zero-order valence-electron chi connectivity index (χ0n) is 14.9. The van der Waals surface area contributed by atoms with Gasteiger partial charge in [0.1, 0.15) is 0 Å². The molecule has 1 aromatic heterocycles. The molecule has 0 aliphatic carbocycles. The summed E-state index contributed by atoms with van der Waals surface area (Å²) in [6.07, 6.45) is 5.45. The Morgan fingerprint density at radius 3 is 2.32 bits per heavy atom. The molecule has 0 radical (unpaired) electrons. The maximum Gasteiger partial charge on any atom is 0.0726 e. The van der Waals surface area contributed by atoms with E-state index in [0.717, 1.165) is 23.0 Å². The number of pyridine rings is 1. The molecule has 4 rings (SSSR count). The third-order valence-electron chi connectivity index (χ3n) is 5.75. The van der Waals surface area contributed by atoms with Crippen molar-refractivity contribution in [3.8, 4) is 0 Å². The second-order valence-electron chi connectivity index (χ2n) is 7.21. The summed E-state index contributed by atoms with van der Waals surface area (Å²) in [7, 11) is 0. The highest BCUT2D eigenvalue weighted by Crippen LogP contribution is 2.34. The molecule has 0 unspecified atom stereocenters. The summed E-state index contributed by atoms with van der Waals surface area (Å²) in [6, 6.07) is 10.8. The summed E-state index contributed by atoms with van der Waals surface area (Å²) in [5, 5.41) is 4.80. The summed E-state index contributed by atoms with van der Waals surface area (Å²) in [6.45, 7) is 6.94. The minimum atomic E-state index is 0. The van der Waals surface area contributed by atoms with E-state index in [1.54, 1.807) is 0 Å². The molecule has 2 aliphatic rings. The van der Waals surface area contributed by atoms with Gasteiger partial charge < -0.3 is 10.2 Å². The van der Waals surface area contributed by atoms with Gasteiger partial charge in [-0.3, -0.25) is 4.98 Å². The number of nitrogens with zero attached hydrogens (tertiary/aromatic N) is 2. The molecular formula is C20H29Cl2N3. The van der Waals surface area contributed by atoms with E-state index >= 15 is 0 Å². The number of hydrogen-bond donors (Lipinski definition) is 1. The van der Waals surface area contributed by atoms with E-state index in [-0.39, 0.29) is 24.8 Å². The Morgan fingerprint density at radius 2 is 1.60 bits per heavy atom. The summed E-state index contributed by atoms with van der Waals surface area (Å²) < 4.78 is 0. The van der Waals surface area contributed by atoms with E-state index < -0.39 is 0 Å². The van der Waals surface area contributed by atoms with Crippen molar-refractivity contribution in [1.82, 2.24) is 10.3 Å². The largest absolute Gasteiger partial charge is 0.371 e. The molecule has 2 fully saturated rings. The van der Waals surface area contributed by atoms with Crippen LogP contribution < -0.4 is 10.2 Å². The maximum absolute atomic E-state index is 4.69. The van der Waals surface area contributed by atoms with E-state index in [4.69, 9.17) is 0 Å². The van der Waals surface area contributed by atoms with Crippen molar-refractivity contribution < 1.29 is 0 Å². The summed E-state index contributed by atoms with van der Waals surface area (Å²) in [4.78, 5) is 7.28. The smallest absolute Gasteiger partial charge is 0.0726 e. The van der Waals surface area contributed by atoms with Crippen molar-refractivity contribution >= 4 is 41.4 Å². The molecule has 0 atom stereocenters. The van der Waals surface area contributed by atoms with Crippen LogP contribution in [0.2, 0.25) is 0 Å². The number of rotatable bonds is 2. The number of anilines is 1. The third-order valence-corrected chi connectivity index (χ3v) is 5.75. The average Bonchev–Trinajstić information content (AvgIpc) is 2.62. The molecule has 1 N–H and O–H groups in total. The topological polar surface area (TPSA) is 28.2 Å². The molecule has 138 valence electrons. The number of halogens is 2. The zero-order valence-corrected chi connectivity index (χ0v) is 16.5. The molecule has 5 heteroatoms. The van der Waals surface area contributed by atoms with Crippen LogP contribution in [0.3, 0.4) is 0 Å². The lowest BCUT2D eigenvalue weighted by molar-refractivity contribution is 0.222. The van der Waals surface area contributed by atoms with Crippen LogP contribution in [0.15, 0.2) is 30.3 Å². The molecular weight excluding hydrogens is 353 g/mol. The predicted octanol–water partition coefficient (Wildman–Crippen LogP) is 4.60. The van der Waals surface area contributed by atoms with Gasteiger partial charge in [0.2, 0.25) is 0 Å². The Hall–Kier alpha value is -1.03. The van der Waals surface area contributed by atoms with Gasteiger partial charge in [-0.2, -0.15) is 0 Å².